The van der Waals surface area contributed by atoms with E-state index in [1.807, 2.05) is 0 Å². The molecule has 108 valence electrons. The van der Waals surface area contributed by atoms with E-state index in [1.54, 1.807) is 30.3 Å². The van der Waals surface area contributed by atoms with Crippen molar-refractivity contribution in [2.24, 2.45) is 0 Å². The molecule has 0 unspecified atom stereocenters. The Morgan fingerprint density at radius 1 is 1.24 bits per heavy atom. The molecular formula is C14H10ClIN2O3. The molecule has 2 aromatic rings. The summed E-state index contributed by atoms with van der Waals surface area (Å²) in [5.41, 5.74) is 7.23. The normalized spacial score (nSPS) is 12.3. The number of carbonyl (C=O) groups is 1. The Morgan fingerprint density at radius 2 is 1.95 bits per heavy atom. The molecule has 0 atom stereocenters. The second-order valence-corrected chi connectivity index (χ2v) is 5.95. The standard InChI is InChI=1S/C14H10ClIN2O3/c15-8-3-7(1-2-9(8)16)14(19)18-11-5-13-12(4-10(11)17)20-6-21-13/h1-5H,6,17H2,(H,18,19). The molecule has 1 aliphatic heterocycles. The van der Waals surface area contributed by atoms with Gasteiger partial charge in [-0.2, -0.15) is 0 Å². The fraction of sp³-hybridized carbons (Fsp3) is 0.0714. The fourth-order valence-electron chi connectivity index (χ4n) is 1.90. The molecule has 0 aromatic heterocycles. The SMILES string of the molecule is Nc1cc2c(cc1NC(=O)c1ccc(I)c(Cl)c1)OCO2. The Balaban J connectivity index is 1.86. The van der Waals surface area contributed by atoms with Crippen LogP contribution in [0.2, 0.25) is 5.02 Å². The number of carbonyl (C=O) groups excluding carboxylic acids is 1. The highest BCUT2D eigenvalue weighted by Crippen LogP contribution is 2.38. The van der Waals surface area contributed by atoms with Crippen LogP contribution in [0.5, 0.6) is 11.5 Å². The summed E-state index contributed by atoms with van der Waals surface area (Å²) in [5.74, 6) is 0.835. The summed E-state index contributed by atoms with van der Waals surface area (Å²) in [6.07, 6.45) is 0. The Bertz CT molecular complexity index is 736. The van der Waals surface area contributed by atoms with Crippen molar-refractivity contribution in [2.75, 3.05) is 17.8 Å². The number of benzene rings is 2. The Morgan fingerprint density at radius 3 is 2.67 bits per heavy atom. The highest BCUT2D eigenvalue weighted by Gasteiger charge is 2.18. The first-order valence-electron chi connectivity index (χ1n) is 6.00. The predicted octanol–water partition coefficient (Wildman–Crippen LogP) is 3.51. The largest absolute Gasteiger partial charge is 0.454 e. The maximum absolute atomic E-state index is 12.2. The minimum Gasteiger partial charge on any atom is -0.454 e. The highest BCUT2D eigenvalue weighted by molar-refractivity contribution is 14.1. The molecule has 0 saturated carbocycles. The van der Waals surface area contributed by atoms with Crippen LogP contribution < -0.4 is 20.5 Å². The lowest BCUT2D eigenvalue weighted by Gasteiger charge is -2.10. The van der Waals surface area contributed by atoms with Gasteiger partial charge in [-0.25, -0.2) is 0 Å². The second kappa shape index (κ2) is 5.61. The third-order valence-electron chi connectivity index (χ3n) is 2.97. The van der Waals surface area contributed by atoms with Gasteiger partial charge < -0.3 is 20.5 Å². The van der Waals surface area contributed by atoms with E-state index in [0.29, 0.717) is 33.5 Å². The third kappa shape index (κ3) is 2.86. The number of hydrogen-bond acceptors (Lipinski definition) is 4. The van der Waals surface area contributed by atoms with Crippen LogP contribution in [0.4, 0.5) is 11.4 Å². The van der Waals surface area contributed by atoms with Gasteiger partial charge in [-0.15, -0.1) is 0 Å². The quantitative estimate of drug-likeness (QED) is 0.580. The number of fused-ring (bicyclic) bond motifs is 1. The molecule has 0 spiro atoms. The van der Waals surface area contributed by atoms with Crippen molar-refractivity contribution in [3.8, 4) is 11.5 Å². The van der Waals surface area contributed by atoms with Gasteiger partial charge in [0.1, 0.15) is 0 Å². The molecule has 3 N–H and O–H groups in total. The van der Waals surface area contributed by atoms with Gasteiger partial charge in [-0.1, -0.05) is 11.6 Å². The van der Waals surface area contributed by atoms with Crippen LogP contribution in [0.15, 0.2) is 30.3 Å². The van der Waals surface area contributed by atoms with Crippen LogP contribution in [0.1, 0.15) is 10.4 Å². The number of anilines is 2. The van der Waals surface area contributed by atoms with Crippen LogP contribution in [-0.4, -0.2) is 12.7 Å². The smallest absolute Gasteiger partial charge is 0.255 e. The van der Waals surface area contributed by atoms with Gasteiger partial charge in [0.15, 0.2) is 11.5 Å². The average Bonchev–Trinajstić information content (AvgIpc) is 2.89. The monoisotopic (exact) mass is 416 g/mol. The van der Waals surface area contributed by atoms with Gasteiger partial charge in [-0.3, -0.25) is 4.79 Å². The van der Waals surface area contributed by atoms with E-state index >= 15 is 0 Å². The number of rotatable bonds is 2. The number of hydrogen-bond donors (Lipinski definition) is 2. The van der Waals surface area contributed by atoms with E-state index in [1.165, 1.54) is 0 Å². The van der Waals surface area contributed by atoms with Gasteiger partial charge in [0.05, 0.1) is 16.4 Å². The van der Waals surface area contributed by atoms with Gasteiger partial charge in [0.25, 0.3) is 5.91 Å². The van der Waals surface area contributed by atoms with E-state index in [2.05, 4.69) is 27.9 Å². The van der Waals surface area contributed by atoms with E-state index < -0.39 is 0 Å². The maximum Gasteiger partial charge on any atom is 0.255 e. The van der Waals surface area contributed by atoms with Crippen molar-refractivity contribution in [1.29, 1.82) is 0 Å². The van der Waals surface area contributed by atoms with Crippen LogP contribution in [0.25, 0.3) is 0 Å². The lowest BCUT2D eigenvalue weighted by molar-refractivity contribution is 0.102. The summed E-state index contributed by atoms with van der Waals surface area (Å²) >= 11 is 8.12. The maximum atomic E-state index is 12.2. The molecule has 0 bridgehead atoms. The molecule has 7 heteroatoms. The predicted molar refractivity (Wildman–Crippen MR) is 89.1 cm³/mol. The topological polar surface area (TPSA) is 73.6 Å². The summed E-state index contributed by atoms with van der Waals surface area (Å²) in [4.78, 5) is 12.2. The molecule has 0 aliphatic carbocycles. The van der Waals surface area contributed by atoms with Crippen molar-refractivity contribution in [1.82, 2.24) is 0 Å². The number of nitrogen functional groups attached to an aromatic ring is 1. The number of nitrogens with two attached hydrogens (primary N) is 1. The molecule has 0 radical (unpaired) electrons. The van der Waals surface area contributed by atoms with Gasteiger partial charge >= 0.3 is 0 Å². The molecule has 0 saturated heterocycles. The van der Waals surface area contributed by atoms with E-state index in [-0.39, 0.29) is 12.7 Å². The number of halogens is 2. The molecule has 5 nitrogen and oxygen atoms in total. The molecule has 1 heterocycles. The van der Waals surface area contributed by atoms with Crippen LogP contribution in [-0.2, 0) is 0 Å². The van der Waals surface area contributed by atoms with Crippen molar-refractivity contribution in [3.63, 3.8) is 0 Å². The lowest BCUT2D eigenvalue weighted by atomic mass is 10.2. The van der Waals surface area contributed by atoms with E-state index in [9.17, 15) is 4.79 Å². The molecule has 1 aliphatic rings. The number of ether oxygens (including phenoxy) is 2. The zero-order chi connectivity index (χ0) is 15.0. The first kappa shape index (κ1) is 14.3. The molecule has 1 amide bonds. The molecular weight excluding hydrogens is 407 g/mol. The summed E-state index contributed by atoms with van der Waals surface area (Å²) < 4.78 is 11.4. The summed E-state index contributed by atoms with van der Waals surface area (Å²) in [5, 5.41) is 3.27. The average molecular weight is 417 g/mol. The van der Waals surface area contributed by atoms with Crippen molar-refractivity contribution in [2.45, 2.75) is 0 Å². The Hall–Kier alpha value is -1.67. The zero-order valence-corrected chi connectivity index (χ0v) is 13.6. The second-order valence-electron chi connectivity index (χ2n) is 4.38. The molecule has 21 heavy (non-hydrogen) atoms. The first-order chi connectivity index (χ1) is 10.0. The fourth-order valence-corrected chi connectivity index (χ4v) is 2.41. The van der Waals surface area contributed by atoms with Gasteiger partial charge in [0, 0.05) is 21.3 Å². The zero-order valence-electron chi connectivity index (χ0n) is 10.7. The minimum atomic E-state index is -0.293. The van der Waals surface area contributed by atoms with Gasteiger partial charge in [-0.05, 0) is 40.8 Å². The summed E-state index contributed by atoms with van der Waals surface area (Å²) in [7, 11) is 0. The van der Waals surface area contributed by atoms with E-state index in [0.717, 1.165) is 3.57 Å². The third-order valence-corrected chi connectivity index (χ3v) is 4.55. The van der Waals surface area contributed by atoms with Crippen molar-refractivity contribution in [3.05, 3.63) is 44.5 Å². The Labute approximate surface area is 139 Å². The van der Waals surface area contributed by atoms with E-state index in [4.69, 9.17) is 26.8 Å². The summed E-state index contributed by atoms with van der Waals surface area (Å²) in [6, 6.07) is 8.36. The molecule has 2 aromatic carbocycles. The van der Waals surface area contributed by atoms with Crippen LogP contribution in [0, 0.1) is 3.57 Å². The number of nitrogens with one attached hydrogen (secondary N) is 1. The van der Waals surface area contributed by atoms with Crippen molar-refractivity contribution < 1.29 is 14.3 Å². The minimum absolute atomic E-state index is 0.152. The first-order valence-corrected chi connectivity index (χ1v) is 7.46. The van der Waals surface area contributed by atoms with Crippen LogP contribution >= 0.6 is 34.2 Å². The Kier molecular flexibility index (Phi) is 3.81. The van der Waals surface area contributed by atoms with Crippen LogP contribution in [0.3, 0.4) is 0 Å². The molecule has 0 fully saturated rings. The van der Waals surface area contributed by atoms with Gasteiger partial charge in [0.2, 0.25) is 6.79 Å². The summed E-state index contributed by atoms with van der Waals surface area (Å²) in [6.45, 7) is 0.152. The highest BCUT2D eigenvalue weighted by atomic mass is 127. The lowest BCUT2D eigenvalue weighted by Crippen LogP contribution is -2.13. The number of amides is 1. The van der Waals surface area contributed by atoms with Crippen molar-refractivity contribution >= 4 is 51.5 Å². The molecule has 3 rings (SSSR count).